The largest absolute Gasteiger partial charge is 0.398 e. The fraction of sp³-hybridized carbons (Fsp3) is 0.182. The van der Waals surface area contributed by atoms with Gasteiger partial charge in [-0.2, -0.15) is 4.37 Å². The molecule has 0 aliphatic heterocycles. The summed E-state index contributed by atoms with van der Waals surface area (Å²) in [5.74, 6) is 0.300. The molecule has 0 aliphatic carbocycles. The van der Waals surface area contributed by atoms with E-state index in [1.807, 2.05) is 13.0 Å². The third-order valence-electron chi connectivity index (χ3n) is 2.26. The minimum absolute atomic E-state index is 0.334. The van der Waals surface area contributed by atoms with Gasteiger partial charge in [0, 0.05) is 17.0 Å². The highest BCUT2D eigenvalue weighted by Crippen LogP contribution is 2.30. The molecule has 2 aromatic rings. The molecule has 0 saturated carbocycles. The number of aryl methyl sites for hydroxylation is 1. The molecular weight excluding hydrogens is 268 g/mol. The summed E-state index contributed by atoms with van der Waals surface area (Å²) in [7, 11) is 0. The zero-order valence-electron chi connectivity index (χ0n) is 9.71. The van der Waals surface area contributed by atoms with Gasteiger partial charge in [-0.25, -0.2) is 4.98 Å². The number of hydrogen-bond acceptors (Lipinski definition) is 6. The van der Waals surface area contributed by atoms with Crippen LogP contribution in [0.5, 0.6) is 0 Å². The Hall–Kier alpha value is -1.60. The summed E-state index contributed by atoms with van der Waals surface area (Å²) in [6, 6.07) is 5.18. The predicted molar refractivity (Wildman–Crippen MR) is 72.8 cm³/mol. The number of nitrogens with zero attached hydrogens (tertiary/aromatic N) is 2. The number of nitrogen functional groups attached to an aromatic ring is 1. The van der Waals surface area contributed by atoms with Gasteiger partial charge in [0.05, 0.1) is 5.56 Å². The van der Waals surface area contributed by atoms with E-state index in [1.54, 1.807) is 12.1 Å². The molecule has 4 N–H and O–H groups in total. The Morgan fingerprint density at radius 1 is 1.50 bits per heavy atom. The molecule has 0 bridgehead atoms. The lowest BCUT2D eigenvalue weighted by atomic mass is 10.2. The topological polar surface area (TPSA) is 94.9 Å². The molecule has 0 saturated heterocycles. The average molecular weight is 280 g/mol. The van der Waals surface area contributed by atoms with Crippen LogP contribution in [0.1, 0.15) is 23.1 Å². The van der Waals surface area contributed by atoms with Crippen LogP contribution in [0.3, 0.4) is 0 Å². The number of hydrogen-bond donors (Lipinski definition) is 2. The third-order valence-corrected chi connectivity index (χ3v) is 4.04. The SMILES string of the molecule is CCc1nsc(Sc2ccc(N)c(C(N)=O)c2)n1. The number of nitrogens with two attached hydrogens (primary N) is 2. The molecule has 18 heavy (non-hydrogen) atoms. The number of benzene rings is 1. The Balaban J connectivity index is 2.24. The van der Waals surface area contributed by atoms with E-state index < -0.39 is 5.91 Å². The minimum atomic E-state index is -0.526. The van der Waals surface area contributed by atoms with Gasteiger partial charge < -0.3 is 11.5 Å². The van der Waals surface area contributed by atoms with Crippen molar-refractivity contribution in [3.8, 4) is 0 Å². The lowest BCUT2D eigenvalue weighted by Crippen LogP contribution is -2.13. The van der Waals surface area contributed by atoms with Crippen LogP contribution >= 0.6 is 23.3 Å². The van der Waals surface area contributed by atoms with Crippen molar-refractivity contribution in [3.05, 3.63) is 29.6 Å². The summed E-state index contributed by atoms with van der Waals surface area (Å²) in [5.41, 5.74) is 11.6. The zero-order valence-corrected chi connectivity index (χ0v) is 11.3. The molecule has 0 radical (unpaired) electrons. The first-order valence-electron chi connectivity index (χ1n) is 5.30. The molecule has 0 aliphatic rings. The minimum Gasteiger partial charge on any atom is -0.398 e. The highest BCUT2D eigenvalue weighted by Gasteiger charge is 2.09. The van der Waals surface area contributed by atoms with Crippen LogP contribution in [-0.2, 0) is 6.42 Å². The maximum absolute atomic E-state index is 11.2. The van der Waals surface area contributed by atoms with Gasteiger partial charge in [0.15, 0.2) is 4.34 Å². The summed E-state index contributed by atoms with van der Waals surface area (Å²) < 4.78 is 5.04. The van der Waals surface area contributed by atoms with Gasteiger partial charge in [0.2, 0.25) is 0 Å². The standard InChI is InChI=1S/C11H12N4OS2/c1-2-9-14-11(18-15-9)17-6-3-4-8(12)7(5-6)10(13)16/h3-5H,2,12H2,1H3,(H2,13,16). The molecule has 1 aromatic heterocycles. The van der Waals surface area contributed by atoms with Crippen LogP contribution in [0.2, 0.25) is 0 Å². The molecule has 0 fully saturated rings. The molecule has 1 amide bonds. The van der Waals surface area contributed by atoms with Crippen molar-refractivity contribution < 1.29 is 4.79 Å². The Morgan fingerprint density at radius 2 is 2.28 bits per heavy atom. The van der Waals surface area contributed by atoms with Crippen molar-refractivity contribution in [2.75, 3.05) is 5.73 Å². The van der Waals surface area contributed by atoms with E-state index >= 15 is 0 Å². The van der Waals surface area contributed by atoms with Crippen LogP contribution in [0.4, 0.5) is 5.69 Å². The summed E-state index contributed by atoms with van der Waals surface area (Å²) in [4.78, 5) is 16.4. The first kappa shape index (κ1) is 12.8. The van der Waals surface area contributed by atoms with Gasteiger partial charge in [-0.3, -0.25) is 4.79 Å². The number of amides is 1. The van der Waals surface area contributed by atoms with E-state index in [1.165, 1.54) is 23.3 Å². The molecule has 2 rings (SSSR count). The Kier molecular flexibility index (Phi) is 3.83. The van der Waals surface area contributed by atoms with Gasteiger partial charge in [-0.1, -0.05) is 18.7 Å². The van der Waals surface area contributed by atoms with E-state index in [0.29, 0.717) is 11.3 Å². The van der Waals surface area contributed by atoms with Crippen molar-refractivity contribution in [2.45, 2.75) is 22.6 Å². The van der Waals surface area contributed by atoms with Gasteiger partial charge in [-0.15, -0.1) is 0 Å². The number of anilines is 1. The third kappa shape index (κ3) is 2.80. The van der Waals surface area contributed by atoms with E-state index in [4.69, 9.17) is 11.5 Å². The van der Waals surface area contributed by atoms with Crippen LogP contribution < -0.4 is 11.5 Å². The normalized spacial score (nSPS) is 10.5. The number of aromatic nitrogens is 2. The fourth-order valence-corrected chi connectivity index (χ4v) is 3.05. The summed E-state index contributed by atoms with van der Waals surface area (Å²) in [5, 5.41) is 0. The second-order valence-corrected chi connectivity index (χ2v) is 5.62. The lowest BCUT2D eigenvalue weighted by molar-refractivity contribution is 0.100. The first-order valence-corrected chi connectivity index (χ1v) is 6.89. The molecule has 0 unspecified atom stereocenters. The van der Waals surface area contributed by atoms with E-state index in [2.05, 4.69) is 9.36 Å². The van der Waals surface area contributed by atoms with E-state index in [0.717, 1.165) is 21.5 Å². The highest BCUT2D eigenvalue weighted by molar-refractivity contribution is 8.01. The molecule has 7 heteroatoms. The summed E-state index contributed by atoms with van der Waals surface area (Å²) in [6.07, 6.45) is 0.811. The highest BCUT2D eigenvalue weighted by atomic mass is 32.2. The average Bonchev–Trinajstić information content (AvgIpc) is 2.79. The molecule has 1 aromatic carbocycles. The predicted octanol–water partition coefficient (Wildman–Crippen LogP) is 1.93. The smallest absolute Gasteiger partial charge is 0.250 e. The molecule has 0 atom stereocenters. The number of carbonyl (C=O) groups is 1. The molecule has 1 heterocycles. The number of carbonyl (C=O) groups excluding carboxylic acids is 1. The summed E-state index contributed by atoms with van der Waals surface area (Å²) in [6.45, 7) is 2.00. The van der Waals surface area contributed by atoms with Crippen molar-refractivity contribution in [2.24, 2.45) is 5.73 Å². The monoisotopic (exact) mass is 280 g/mol. The van der Waals surface area contributed by atoms with Gasteiger partial charge in [0.25, 0.3) is 5.91 Å². The number of primary amides is 1. The van der Waals surface area contributed by atoms with Crippen LogP contribution in [-0.4, -0.2) is 15.3 Å². The van der Waals surface area contributed by atoms with Crippen molar-refractivity contribution >= 4 is 34.9 Å². The quantitative estimate of drug-likeness (QED) is 0.834. The molecular formula is C11H12N4OS2. The van der Waals surface area contributed by atoms with E-state index in [9.17, 15) is 4.79 Å². The Morgan fingerprint density at radius 3 is 2.89 bits per heavy atom. The van der Waals surface area contributed by atoms with Crippen molar-refractivity contribution in [3.63, 3.8) is 0 Å². The molecule has 5 nitrogen and oxygen atoms in total. The Labute approximate surface area is 113 Å². The van der Waals surface area contributed by atoms with Crippen molar-refractivity contribution in [1.82, 2.24) is 9.36 Å². The molecule has 0 spiro atoms. The summed E-state index contributed by atoms with van der Waals surface area (Å²) >= 11 is 2.79. The van der Waals surface area contributed by atoms with Crippen molar-refractivity contribution in [1.29, 1.82) is 0 Å². The Bertz CT molecular complexity index is 582. The van der Waals surface area contributed by atoms with Crippen LogP contribution in [0.25, 0.3) is 0 Å². The lowest BCUT2D eigenvalue weighted by Gasteiger charge is -2.03. The molecule has 94 valence electrons. The second-order valence-electron chi connectivity index (χ2n) is 3.55. The van der Waals surface area contributed by atoms with Gasteiger partial charge in [-0.05, 0) is 29.7 Å². The maximum atomic E-state index is 11.2. The van der Waals surface area contributed by atoms with Crippen LogP contribution in [0, 0.1) is 0 Å². The fourth-order valence-electron chi connectivity index (χ4n) is 1.34. The number of rotatable bonds is 4. The maximum Gasteiger partial charge on any atom is 0.250 e. The first-order chi connectivity index (χ1) is 8.60. The van der Waals surface area contributed by atoms with E-state index in [-0.39, 0.29) is 0 Å². The second kappa shape index (κ2) is 5.36. The zero-order chi connectivity index (χ0) is 13.1. The van der Waals surface area contributed by atoms with Crippen LogP contribution in [0.15, 0.2) is 27.4 Å². The van der Waals surface area contributed by atoms with Gasteiger partial charge >= 0.3 is 0 Å². The van der Waals surface area contributed by atoms with Gasteiger partial charge in [0.1, 0.15) is 5.82 Å².